The number of nitrogens with one attached hydrogen (secondary N) is 2. The van der Waals surface area contributed by atoms with Crippen molar-refractivity contribution in [2.45, 2.75) is 52.5 Å². The van der Waals surface area contributed by atoms with Gasteiger partial charge in [-0.2, -0.15) is 0 Å². The molecule has 0 aromatic heterocycles. The van der Waals surface area contributed by atoms with Gasteiger partial charge < -0.3 is 15.4 Å². The van der Waals surface area contributed by atoms with Gasteiger partial charge in [0.05, 0.1) is 11.6 Å². The van der Waals surface area contributed by atoms with Crippen molar-refractivity contribution < 1.29 is 4.74 Å². The molecular formula is C16H25BrN2OS. The van der Waals surface area contributed by atoms with E-state index in [9.17, 15) is 0 Å². The van der Waals surface area contributed by atoms with Crippen LogP contribution in [0.5, 0.6) is 5.75 Å². The van der Waals surface area contributed by atoms with Gasteiger partial charge >= 0.3 is 0 Å². The van der Waals surface area contributed by atoms with Gasteiger partial charge in [0.15, 0.2) is 5.11 Å². The van der Waals surface area contributed by atoms with Crippen molar-refractivity contribution in [2.75, 3.05) is 12.4 Å². The van der Waals surface area contributed by atoms with E-state index in [1.165, 1.54) is 5.56 Å². The summed E-state index contributed by atoms with van der Waals surface area (Å²) in [4.78, 5) is 0. The first-order valence-corrected chi connectivity index (χ1v) is 8.11. The number of rotatable bonds is 2. The molecule has 0 fully saturated rings. The van der Waals surface area contributed by atoms with E-state index in [0.29, 0.717) is 5.11 Å². The van der Waals surface area contributed by atoms with Crippen LogP contribution in [-0.2, 0) is 5.41 Å². The van der Waals surface area contributed by atoms with Crippen molar-refractivity contribution in [1.82, 2.24) is 5.32 Å². The molecule has 0 unspecified atom stereocenters. The maximum Gasteiger partial charge on any atom is 0.171 e. The minimum atomic E-state index is -0.0779. The molecule has 0 atom stereocenters. The van der Waals surface area contributed by atoms with Crippen LogP contribution in [-0.4, -0.2) is 17.8 Å². The molecule has 5 heteroatoms. The Balaban J connectivity index is 3.17. The maximum absolute atomic E-state index is 5.40. The molecule has 0 bridgehead atoms. The summed E-state index contributed by atoms with van der Waals surface area (Å²) in [6.07, 6.45) is 0. The molecule has 0 saturated carbocycles. The summed E-state index contributed by atoms with van der Waals surface area (Å²) in [5, 5.41) is 7.17. The van der Waals surface area contributed by atoms with Crippen molar-refractivity contribution in [1.29, 1.82) is 0 Å². The summed E-state index contributed by atoms with van der Waals surface area (Å²) >= 11 is 8.95. The first-order chi connectivity index (χ1) is 9.44. The summed E-state index contributed by atoms with van der Waals surface area (Å²) in [7, 11) is 1.66. The summed E-state index contributed by atoms with van der Waals surface area (Å²) in [5.41, 5.74) is 2.05. The zero-order chi connectivity index (χ0) is 16.4. The first kappa shape index (κ1) is 18.2. The normalized spacial score (nSPS) is 12.0. The standard InChI is InChI=1S/C16H25BrN2OS/c1-15(2,3)10-8-11(17)13(20-7)9-12(10)18-14(21)19-16(4,5)6/h8-9H,1-7H3,(H2,18,19,21). The third kappa shape index (κ3) is 5.47. The van der Waals surface area contributed by atoms with Crippen molar-refractivity contribution in [3.05, 3.63) is 22.2 Å². The van der Waals surface area contributed by atoms with Gasteiger partial charge in [-0.25, -0.2) is 0 Å². The molecule has 1 aromatic rings. The second-order valence-electron chi connectivity index (χ2n) is 7.11. The number of hydrogen-bond donors (Lipinski definition) is 2. The fourth-order valence-corrected chi connectivity index (χ4v) is 2.85. The van der Waals surface area contributed by atoms with Gasteiger partial charge in [-0.05, 0) is 66.0 Å². The Bertz CT molecular complexity index is 530. The van der Waals surface area contributed by atoms with E-state index in [2.05, 4.69) is 74.2 Å². The fraction of sp³-hybridized carbons (Fsp3) is 0.562. The topological polar surface area (TPSA) is 33.3 Å². The Kier molecular flexibility index (Phi) is 5.67. The van der Waals surface area contributed by atoms with Gasteiger partial charge in [0.25, 0.3) is 0 Å². The molecule has 0 amide bonds. The zero-order valence-electron chi connectivity index (χ0n) is 13.8. The summed E-state index contributed by atoms with van der Waals surface area (Å²) < 4.78 is 6.33. The number of halogens is 1. The lowest BCUT2D eigenvalue weighted by molar-refractivity contribution is 0.412. The molecule has 0 heterocycles. The largest absolute Gasteiger partial charge is 0.495 e. The van der Waals surface area contributed by atoms with Crippen LogP contribution in [0.15, 0.2) is 16.6 Å². The Hall–Kier alpha value is -0.810. The highest BCUT2D eigenvalue weighted by atomic mass is 79.9. The Labute approximate surface area is 142 Å². The molecular weight excluding hydrogens is 348 g/mol. The van der Waals surface area contributed by atoms with Crippen molar-refractivity contribution in [2.24, 2.45) is 0 Å². The number of anilines is 1. The van der Waals surface area contributed by atoms with Crippen LogP contribution >= 0.6 is 28.1 Å². The van der Waals surface area contributed by atoms with Crippen LogP contribution in [0.1, 0.15) is 47.1 Å². The lowest BCUT2D eigenvalue weighted by atomic mass is 9.85. The summed E-state index contributed by atoms with van der Waals surface area (Å²) in [6, 6.07) is 4.06. The Morgan fingerprint density at radius 3 is 2.14 bits per heavy atom. The molecule has 2 N–H and O–H groups in total. The van der Waals surface area contributed by atoms with Crippen molar-refractivity contribution in [3.8, 4) is 5.75 Å². The second-order valence-corrected chi connectivity index (χ2v) is 8.37. The van der Waals surface area contributed by atoms with Crippen LogP contribution in [0.25, 0.3) is 0 Å². The third-order valence-corrected chi connectivity index (χ3v) is 3.66. The van der Waals surface area contributed by atoms with E-state index < -0.39 is 0 Å². The molecule has 0 spiro atoms. The van der Waals surface area contributed by atoms with Crippen LogP contribution < -0.4 is 15.4 Å². The number of hydrogen-bond acceptors (Lipinski definition) is 2. The van der Waals surface area contributed by atoms with Gasteiger partial charge in [-0.1, -0.05) is 20.8 Å². The zero-order valence-corrected chi connectivity index (χ0v) is 16.3. The van der Waals surface area contributed by atoms with Gasteiger partial charge in [0.2, 0.25) is 0 Å². The lowest BCUT2D eigenvalue weighted by Crippen LogP contribution is -2.43. The SMILES string of the molecule is COc1cc(NC(=S)NC(C)(C)C)c(C(C)(C)C)cc1Br. The smallest absolute Gasteiger partial charge is 0.171 e. The van der Waals surface area contributed by atoms with E-state index in [4.69, 9.17) is 17.0 Å². The minimum absolute atomic E-state index is 0.00549. The van der Waals surface area contributed by atoms with Crippen LogP contribution in [0.2, 0.25) is 0 Å². The van der Waals surface area contributed by atoms with Crippen LogP contribution in [0.3, 0.4) is 0 Å². The molecule has 1 rings (SSSR count). The van der Waals surface area contributed by atoms with Crippen molar-refractivity contribution >= 4 is 38.9 Å². The monoisotopic (exact) mass is 372 g/mol. The van der Waals surface area contributed by atoms with Crippen LogP contribution in [0, 0.1) is 0 Å². The minimum Gasteiger partial charge on any atom is -0.495 e. The molecule has 0 aliphatic carbocycles. The van der Waals surface area contributed by atoms with E-state index in [-0.39, 0.29) is 11.0 Å². The molecule has 3 nitrogen and oxygen atoms in total. The molecule has 21 heavy (non-hydrogen) atoms. The predicted molar refractivity (Wildman–Crippen MR) is 98.5 cm³/mol. The average Bonchev–Trinajstić information content (AvgIpc) is 2.27. The highest BCUT2D eigenvalue weighted by molar-refractivity contribution is 9.10. The first-order valence-electron chi connectivity index (χ1n) is 6.91. The van der Waals surface area contributed by atoms with E-state index in [1.54, 1.807) is 7.11 Å². The Morgan fingerprint density at radius 2 is 1.71 bits per heavy atom. The van der Waals surface area contributed by atoms with Gasteiger partial charge in [0.1, 0.15) is 5.75 Å². The number of methoxy groups -OCH3 is 1. The number of thiocarbonyl (C=S) groups is 1. The maximum atomic E-state index is 5.40. The highest BCUT2D eigenvalue weighted by Gasteiger charge is 2.21. The average molecular weight is 373 g/mol. The molecule has 118 valence electrons. The summed E-state index contributed by atoms with van der Waals surface area (Å²) in [6.45, 7) is 12.8. The van der Waals surface area contributed by atoms with E-state index in [1.807, 2.05) is 6.07 Å². The van der Waals surface area contributed by atoms with E-state index in [0.717, 1.165) is 15.9 Å². The van der Waals surface area contributed by atoms with Gasteiger partial charge in [-0.15, -0.1) is 0 Å². The van der Waals surface area contributed by atoms with Crippen molar-refractivity contribution in [3.63, 3.8) is 0 Å². The Morgan fingerprint density at radius 1 is 1.14 bits per heavy atom. The predicted octanol–water partition coefficient (Wildman–Crippen LogP) is 4.84. The number of benzene rings is 1. The van der Waals surface area contributed by atoms with Gasteiger partial charge in [0, 0.05) is 17.3 Å². The fourth-order valence-electron chi connectivity index (χ4n) is 1.93. The molecule has 0 saturated heterocycles. The summed E-state index contributed by atoms with van der Waals surface area (Å²) in [5.74, 6) is 0.782. The number of ether oxygens (including phenoxy) is 1. The molecule has 0 radical (unpaired) electrons. The quantitative estimate of drug-likeness (QED) is 0.727. The molecule has 0 aliphatic rings. The van der Waals surface area contributed by atoms with Gasteiger partial charge in [-0.3, -0.25) is 0 Å². The van der Waals surface area contributed by atoms with E-state index >= 15 is 0 Å². The third-order valence-electron chi connectivity index (χ3n) is 2.84. The molecule has 1 aromatic carbocycles. The lowest BCUT2D eigenvalue weighted by Gasteiger charge is -2.27. The van der Waals surface area contributed by atoms with Crippen LogP contribution in [0.4, 0.5) is 5.69 Å². The second kappa shape index (κ2) is 6.53. The molecule has 0 aliphatic heterocycles. The highest BCUT2D eigenvalue weighted by Crippen LogP contribution is 2.37.